The van der Waals surface area contributed by atoms with Crippen LogP contribution in [0, 0.1) is 13.8 Å². The predicted octanol–water partition coefficient (Wildman–Crippen LogP) is 5.04. The maximum atomic E-state index is 12.7. The number of rotatable bonds is 3. The quantitative estimate of drug-likeness (QED) is 0.516. The summed E-state index contributed by atoms with van der Waals surface area (Å²) in [5.41, 5.74) is -3.21. The van der Waals surface area contributed by atoms with Gasteiger partial charge in [-0.05, 0) is 38.0 Å². The molecule has 0 N–H and O–H groups in total. The number of benzene rings is 2. The van der Waals surface area contributed by atoms with Gasteiger partial charge in [-0.2, -0.15) is 21.6 Å². The summed E-state index contributed by atoms with van der Waals surface area (Å²) >= 11 is 5.96. The maximum Gasteiger partial charge on any atom is 0.534 e. The van der Waals surface area contributed by atoms with E-state index in [2.05, 4.69) is 4.18 Å². The highest BCUT2D eigenvalue weighted by molar-refractivity contribution is 7.88. The third-order valence-electron chi connectivity index (χ3n) is 4.40. The molecule has 0 saturated carbocycles. The van der Waals surface area contributed by atoms with Gasteiger partial charge >= 0.3 is 15.6 Å². The molecule has 0 aromatic heterocycles. The summed E-state index contributed by atoms with van der Waals surface area (Å²) in [5, 5.41) is 0.0509. The Bertz CT molecular complexity index is 1020. The molecule has 2 aromatic carbocycles. The SMILES string of the molecule is Cc1ccc(C)c(C2(C)Cc3cc(Cl)cc(OS(=O)(=O)C(F)(F)F)c3O2)c1. The molecule has 1 unspecified atom stereocenters. The fourth-order valence-corrected chi connectivity index (χ4v) is 3.86. The molecule has 9 heteroatoms. The minimum atomic E-state index is -5.84. The second-order valence-corrected chi connectivity index (χ2v) is 8.68. The van der Waals surface area contributed by atoms with Crippen molar-refractivity contribution < 1.29 is 30.5 Å². The molecule has 1 heterocycles. The zero-order valence-corrected chi connectivity index (χ0v) is 16.2. The van der Waals surface area contributed by atoms with Gasteiger partial charge in [-0.15, -0.1) is 0 Å². The van der Waals surface area contributed by atoms with Crippen molar-refractivity contribution >= 4 is 21.7 Å². The van der Waals surface area contributed by atoms with E-state index < -0.39 is 27.0 Å². The van der Waals surface area contributed by atoms with Gasteiger partial charge in [0, 0.05) is 23.1 Å². The van der Waals surface area contributed by atoms with Crippen LogP contribution in [-0.4, -0.2) is 13.9 Å². The van der Waals surface area contributed by atoms with E-state index in [1.807, 2.05) is 32.0 Å². The molecule has 0 fully saturated rings. The fraction of sp³-hybridized carbons (Fsp3) is 0.333. The van der Waals surface area contributed by atoms with Crippen LogP contribution in [0.1, 0.15) is 29.2 Å². The first-order valence-corrected chi connectivity index (χ1v) is 9.71. The van der Waals surface area contributed by atoms with E-state index in [9.17, 15) is 21.6 Å². The Hall–Kier alpha value is -1.93. The number of hydrogen-bond acceptors (Lipinski definition) is 4. The van der Waals surface area contributed by atoms with Gasteiger partial charge in [0.1, 0.15) is 5.60 Å². The Balaban J connectivity index is 2.06. The monoisotopic (exact) mass is 420 g/mol. The molecule has 0 spiro atoms. The largest absolute Gasteiger partial charge is 0.534 e. The lowest BCUT2D eigenvalue weighted by molar-refractivity contribution is -0.0501. The number of fused-ring (bicyclic) bond motifs is 1. The molecule has 3 rings (SSSR count). The summed E-state index contributed by atoms with van der Waals surface area (Å²) in [4.78, 5) is 0. The van der Waals surface area contributed by atoms with Crippen molar-refractivity contribution in [3.05, 3.63) is 57.6 Å². The Kier molecular flexibility index (Phi) is 4.63. The molecule has 0 aliphatic carbocycles. The summed E-state index contributed by atoms with van der Waals surface area (Å²) < 4.78 is 71.2. The molecule has 1 aliphatic heterocycles. The number of alkyl halides is 3. The Labute approximate surface area is 160 Å². The minimum Gasteiger partial charge on any atom is -0.478 e. The predicted molar refractivity (Wildman–Crippen MR) is 94.7 cm³/mol. The normalized spacial score (nSPS) is 19.5. The third kappa shape index (κ3) is 3.60. The van der Waals surface area contributed by atoms with Gasteiger partial charge in [-0.1, -0.05) is 35.4 Å². The molecule has 0 amide bonds. The highest BCUT2D eigenvalue weighted by Crippen LogP contribution is 2.49. The Morgan fingerprint density at radius 2 is 1.85 bits per heavy atom. The van der Waals surface area contributed by atoms with Crippen LogP contribution in [0.25, 0.3) is 0 Å². The van der Waals surface area contributed by atoms with Crippen molar-refractivity contribution in [1.29, 1.82) is 0 Å². The fourth-order valence-electron chi connectivity index (χ4n) is 3.18. The van der Waals surface area contributed by atoms with E-state index in [-0.39, 0.29) is 10.8 Å². The molecule has 0 radical (unpaired) electrons. The molecule has 0 saturated heterocycles. The van der Waals surface area contributed by atoms with Crippen LogP contribution in [0.15, 0.2) is 30.3 Å². The highest BCUT2D eigenvalue weighted by atomic mass is 35.5. The zero-order valence-electron chi connectivity index (χ0n) is 14.6. The molecular weight excluding hydrogens is 405 g/mol. The first-order chi connectivity index (χ1) is 12.3. The van der Waals surface area contributed by atoms with E-state index in [1.165, 1.54) is 6.07 Å². The second-order valence-electron chi connectivity index (χ2n) is 6.70. The van der Waals surface area contributed by atoms with Crippen LogP contribution in [0.3, 0.4) is 0 Å². The molecule has 27 heavy (non-hydrogen) atoms. The van der Waals surface area contributed by atoms with Crippen molar-refractivity contribution in [3.63, 3.8) is 0 Å². The number of ether oxygens (including phenoxy) is 1. The van der Waals surface area contributed by atoms with Gasteiger partial charge in [0.05, 0.1) is 0 Å². The van der Waals surface area contributed by atoms with Crippen molar-refractivity contribution in [2.24, 2.45) is 0 Å². The summed E-state index contributed by atoms with van der Waals surface area (Å²) in [6.07, 6.45) is 0.301. The lowest BCUT2D eigenvalue weighted by Crippen LogP contribution is -2.29. The van der Waals surface area contributed by atoms with E-state index in [4.69, 9.17) is 16.3 Å². The molecule has 1 atom stereocenters. The van der Waals surface area contributed by atoms with E-state index in [0.29, 0.717) is 12.0 Å². The smallest absolute Gasteiger partial charge is 0.478 e. The summed E-state index contributed by atoms with van der Waals surface area (Å²) in [6, 6.07) is 8.31. The van der Waals surface area contributed by atoms with Crippen LogP contribution in [0.5, 0.6) is 11.5 Å². The Morgan fingerprint density at radius 3 is 2.48 bits per heavy atom. The summed E-state index contributed by atoms with van der Waals surface area (Å²) in [7, 11) is -5.84. The first kappa shape index (κ1) is 19.8. The van der Waals surface area contributed by atoms with Gasteiger partial charge in [-0.3, -0.25) is 0 Å². The van der Waals surface area contributed by atoms with Crippen molar-refractivity contribution in [2.45, 2.75) is 38.3 Å². The van der Waals surface area contributed by atoms with E-state index in [1.54, 1.807) is 6.92 Å². The molecule has 146 valence electrons. The molecule has 0 bridgehead atoms. The van der Waals surface area contributed by atoms with Gasteiger partial charge in [-0.25, -0.2) is 0 Å². The van der Waals surface area contributed by atoms with E-state index in [0.717, 1.165) is 22.8 Å². The summed E-state index contributed by atoms with van der Waals surface area (Å²) in [5.74, 6) is -0.639. The van der Waals surface area contributed by atoms with Crippen LogP contribution >= 0.6 is 11.6 Å². The maximum absolute atomic E-state index is 12.7. The van der Waals surface area contributed by atoms with Gasteiger partial charge in [0.2, 0.25) is 0 Å². The van der Waals surface area contributed by atoms with Crippen LogP contribution in [-0.2, 0) is 22.1 Å². The van der Waals surface area contributed by atoms with Gasteiger partial charge < -0.3 is 8.92 Å². The molecule has 2 aromatic rings. The van der Waals surface area contributed by atoms with Crippen LogP contribution in [0.4, 0.5) is 13.2 Å². The highest BCUT2D eigenvalue weighted by Gasteiger charge is 2.50. The minimum absolute atomic E-state index is 0.0509. The molecular formula is C18H16ClF3O4S. The number of hydrogen-bond donors (Lipinski definition) is 0. The van der Waals surface area contributed by atoms with E-state index >= 15 is 0 Å². The first-order valence-electron chi connectivity index (χ1n) is 7.92. The topological polar surface area (TPSA) is 52.6 Å². The molecule has 1 aliphatic rings. The van der Waals surface area contributed by atoms with Crippen LogP contribution < -0.4 is 8.92 Å². The second kappa shape index (κ2) is 6.31. The number of halogens is 4. The standard InChI is InChI=1S/C18H16ClF3O4S/c1-10-4-5-11(2)14(6-10)17(3)9-12-7-13(19)8-15(16(12)25-17)26-27(23,24)18(20,21)22/h4-8H,9H2,1-3H3. The van der Waals surface area contributed by atoms with Crippen molar-refractivity contribution in [2.75, 3.05) is 0 Å². The number of aryl methyl sites for hydroxylation is 2. The zero-order chi connectivity index (χ0) is 20.2. The van der Waals surface area contributed by atoms with Gasteiger partial charge in [0.25, 0.3) is 0 Å². The van der Waals surface area contributed by atoms with Crippen LogP contribution in [0.2, 0.25) is 5.02 Å². The average Bonchev–Trinajstić information content (AvgIpc) is 2.86. The average molecular weight is 421 g/mol. The van der Waals surface area contributed by atoms with Crippen molar-refractivity contribution in [3.8, 4) is 11.5 Å². The van der Waals surface area contributed by atoms with Crippen molar-refractivity contribution in [1.82, 2.24) is 0 Å². The third-order valence-corrected chi connectivity index (χ3v) is 5.58. The summed E-state index contributed by atoms with van der Waals surface area (Å²) in [6.45, 7) is 5.59. The lowest BCUT2D eigenvalue weighted by Gasteiger charge is -2.27. The Morgan fingerprint density at radius 1 is 1.19 bits per heavy atom. The van der Waals surface area contributed by atoms with Gasteiger partial charge in [0.15, 0.2) is 11.5 Å². The lowest BCUT2D eigenvalue weighted by atomic mass is 9.87. The molecule has 4 nitrogen and oxygen atoms in total.